The lowest BCUT2D eigenvalue weighted by molar-refractivity contribution is -0.120. The second-order valence-electron chi connectivity index (χ2n) is 6.15. The first-order chi connectivity index (χ1) is 12.1. The molecule has 0 aliphatic heterocycles. The maximum Gasteiger partial charge on any atom is 0.231 e. The summed E-state index contributed by atoms with van der Waals surface area (Å²) in [4.78, 5) is 16.7. The van der Waals surface area contributed by atoms with Crippen LogP contribution in [0.25, 0.3) is 5.69 Å². The summed E-state index contributed by atoms with van der Waals surface area (Å²) in [6, 6.07) is 10.2. The van der Waals surface area contributed by atoms with E-state index in [9.17, 15) is 10.1 Å². The van der Waals surface area contributed by atoms with E-state index >= 15 is 0 Å². The zero-order chi connectivity index (χ0) is 17.7. The normalized spacial score (nSPS) is 16.2. The quantitative estimate of drug-likeness (QED) is 0.742. The van der Waals surface area contributed by atoms with Crippen molar-refractivity contribution in [2.24, 2.45) is 0 Å². The lowest BCUT2D eigenvalue weighted by atomic mass is 9.83. The molecule has 1 N–H and O–H groups in total. The van der Waals surface area contributed by atoms with E-state index < -0.39 is 5.54 Å². The molecule has 0 radical (unpaired) electrons. The van der Waals surface area contributed by atoms with Gasteiger partial charge in [0, 0.05) is 22.6 Å². The van der Waals surface area contributed by atoms with Gasteiger partial charge in [0.15, 0.2) is 5.16 Å². The van der Waals surface area contributed by atoms with E-state index in [-0.39, 0.29) is 11.7 Å². The Labute approximate surface area is 160 Å². The number of carbonyl (C=O) groups is 1. The minimum absolute atomic E-state index is 0.112. The molecule has 1 aliphatic rings. The molecule has 1 amide bonds. The summed E-state index contributed by atoms with van der Waals surface area (Å²) in [5, 5.41) is 13.2. The van der Waals surface area contributed by atoms with Crippen molar-refractivity contribution < 1.29 is 4.79 Å². The Morgan fingerprint density at radius 3 is 2.72 bits per heavy atom. The van der Waals surface area contributed by atoms with Crippen molar-refractivity contribution in [3.8, 4) is 11.8 Å². The lowest BCUT2D eigenvalue weighted by Crippen LogP contribution is -2.49. The molecule has 0 unspecified atom stereocenters. The predicted molar refractivity (Wildman–Crippen MR) is 102 cm³/mol. The first kappa shape index (κ1) is 18.0. The van der Waals surface area contributed by atoms with Crippen molar-refractivity contribution in [2.75, 3.05) is 5.75 Å². The third kappa shape index (κ3) is 4.44. The fraction of sp³-hybridized carbons (Fsp3) is 0.389. The number of hydrogen-bond donors (Lipinski definition) is 1. The van der Waals surface area contributed by atoms with Crippen molar-refractivity contribution in [1.29, 1.82) is 5.26 Å². The van der Waals surface area contributed by atoms with Gasteiger partial charge < -0.3 is 5.32 Å². The van der Waals surface area contributed by atoms with E-state index in [0.29, 0.717) is 0 Å². The third-order valence-electron chi connectivity index (χ3n) is 4.34. The summed E-state index contributed by atoms with van der Waals surface area (Å²) in [5.74, 6) is 0.135. The number of nitriles is 1. The van der Waals surface area contributed by atoms with Gasteiger partial charge >= 0.3 is 0 Å². The fourth-order valence-corrected chi connectivity index (χ4v) is 4.09. The van der Waals surface area contributed by atoms with Crippen LogP contribution in [0, 0.1) is 11.3 Å². The average molecular weight is 419 g/mol. The second-order valence-corrected chi connectivity index (χ2v) is 8.01. The Kier molecular flexibility index (Phi) is 5.82. The molecular weight excluding hydrogens is 400 g/mol. The van der Waals surface area contributed by atoms with Gasteiger partial charge in [-0.05, 0) is 37.1 Å². The van der Waals surface area contributed by atoms with E-state index in [1.165, 1.54) is 11.8 Å². The van der Waals surface area contributed by atoms with Crippen molar-refractivity contribution in [1.82, 2.24) is 14.9 Å². The molecule has 2 aromatic rings. The molecule has 1 aromatic carbocycles. The van der Waals surface area contributed by atoms with Crippen LogP contribution in [-0.2, 0) is 4.79 Å². The third-order valence-corrected chi connectivity index (χ3v) is 5.84. The van der Waals surface area contributed by atoms with Gasteiger partial charge in [-0.25, -0.2) is 4.98 Å². The first-order valence-corrected chi connectivity index (χ1v) is 10.0. The Hall–Kier alpha value is -1.78. The van der Waals surface area contributed by atoms with Crippen molar-refractivity contribution in [2.45, 2.75) is 42.8 Å². The SMILES string of the molecule is N#CC1(NC(=O)CSc2nccn2-c2ccc(Br)cc2)CCCCC1. The predicted octanol–water partition coefficient (Wildman–Crippen LogP) is 4.07. The number of hydrogen-bond acceptors (Lipinski definition) is 4. The Morgan fingerprint density at radius 2 is 2.04 bits per heavy atom. The van der Waals surface area contributed by atoms with Gasteiger partial charge in [-0.3, -0.25) is 9.36 Å². The van der Waals surface area contributed by atoms with Gasteiger partial charge in [0.2, 0.25) is 5.91 Å². The summed E-state index contributed by atoms with van der Waals surface area (Å²) < 4.78 is 2.96. The highest BCUT2D eigenvalue weighted by atomic mass is 79.9. The van der Waals surface area contributed by atoms with Crippen LogP contribution in [0.2, 0.25) is 0 Å². The fourth-order valence-electron chi connectivity index (χ4n) is 3.05. The van der Waals surface area contributed by atoms with Crippen LogP contribution in [-0.4, -0.2) is 26.8 Å². The van der Waals surface area contributed by atoms with Crippen molar-refractivity contribution in [3.63, 3.8) is 0 Å². The summed E-state index contributed by atoms with van der Waals surface area (Å²) >= 11 is 4.80. The summed E-state index contributed by atoms with van der Waals surface area (Å²) in [6.07, 6.45) is 8.21. The van der Waals surface area contributed by atoms with Crippen LogP contribution >= 0.6 is 27.7 Å². The van der Waals surface area contributed by atoms with Crippen LogP contribution < -0.4 is 5.32 Å². The van der Waals surface area contributed by atoms with Crippen LogP contribution in [0.1, 0.15) is 32.1 Å². The molecule has 0 saturated heterocycles. The number of halogens is 1. The standard InChI is InChI=1S/C18H19BrN4OS/c19-14-4-6-15(7-5-14)23-11-10-21-17(23)25-12-16(24)22-18(13-20)8-2-1-3-9-18/h4-7,10-11H,1-3,8-9,12H2,(H,22,24). The number of thioether (sulfide) groups is 1. The van der Waals surface area contributed by atoms with Gasteiger partial charge in [-0.2, -0.15) is 5.26 Å². The molecule has 0 spiro atoms. The van der Waals surface area contributed by atoms with Crippen molar-refractivity contribution >= 4 is 33.6 Å². The number of nitrogens with zero attached hydrogens (tertiary/aromatic N) is 3. The highest BCUT2D eigenvalue weighted by Crippen LogP contribution is 2.28. The molecule has 1 aromatic heterocycles. The number of amides is 1. The molecule has 0 atom stereocenters. The molecule has 0 bridgehead atoms. The smallest absolute Gasteiger partial charge is 0.231 e. The lowest BCUT2D eigenvalue weighted by Gasteiger charge is -2.31. The summed E-state index contributed by atoms with van der Waals surface area (Å²) in [5.41, 5.74) is 0.307. The number of benzene rings is 1. The molecule has 1 aliphatic carbocycles. The van der Waals surface area contributed by atoms with E-state index in [2.05, 4.69) is 32.3 Å². The molecule has 3 rings (SSSR count). The topological polar surface area (TPSA) is 70.7 Å². The Balaban J connectivity index is 1.62. The highest BCUT2D eigenvalue weighted by Gasteiger charge is 2.33. The average Bonchev–Trinajstić information content (AvgIpc) is 3.10. The number of nitrogens with one attached hydrogen (secondary N) is 1. The molecule has 7 heteroatoms. The Bertz CT molecular complexity index is 775. The molecule has 1 heterocycles. The van der Waals surface area contributed by atoms with Crippen molar-refractivity contribution in [3.05, 3.63) is 41.1 Å². The number of imidazole rings is 1. The second kappa shape index (κ2) is 8.07. The van der Waals surface area contributed by atoms with Gasteiger partial charge in [-0.15, -0.1) is 0 Å². The van der Waals surface area contributed by atoms with E-state index in [4.69, 9.17) is 0 Å². The van der Waals surface area contributed by atoms with Gasteiger partial charge in [0.25, 0.3) is 0 Å². The maximum absolute atomic E-state index is 12.3. The number of rotatable bonds is 5. The largest absolute Gasteiger partial charge is 0.337 e. The first-order valence-electron chi connectivity index (χ1n) is 8.26. The van der Waals surface area contributed by atoms with Gasteiger partial charge in [0.05, 0.1) is 11.8 Å². The summed E-state index contributed by atoms with van der Waals surface area (Å²) in [7, 11) is 0. The molecular formula is C18H19BrN4OS. The zero-order valence-corrected chi connectivity index (χ0v) is 16.1. The minimum atomic E-state index is -0.684. The zero-order valence-electron chi connectivity index (χ0n) is 13.7. The molecule has 1 saturated carbocycles. The molecule has 1 fully saturated rings. The van der Waals surface area contributed by atoms with Gasteiger partial charge in [-0.1, -0.05) is 47.0 Å². The number of aromatic nitrogens is 2. The van der Waals surface area contributed by atoms with Crippen LogP contribution in [0.4, 0.5) is 0 Å². The highest BCUT2D eigenvalue weighted by molar-refractivity contribution is 9.10. The van der Waals surface area contributed by atoms with E-state index in [0.717, 1.165) is 47.4 Å². The van der Waals surface area contributed by atoms with Crippen LogP contribution in [0.5, 0.6) is 0 Å². The molecule has 5 nitrogen and oxygen atoms in total. The monoisotopic (exact) mass is 418 g/mol. The maximum atomic E-state index is 12.3. The number of carbonyl (C=O) groups excluding carboxylic acids is 1. The van der Waals surface area contributed by atoms with Crippen LogP contribution in [0.3, 0.4) is 0 Å². The minimum Gasteiger partial charge on any atom is -0.337 e. The Morgan fingerprint density at radius 1 is 1.32 bits per heavy atom. The van der Waals surface area contributed by atoms with Crippen LogP contribution in [0.15, 0.2) is 46.3 Å². The molecule has 130 valence electrons. The molecule has 25 heavy (non-hydrogen) atoms. The van der Waals surface area contributed by atoms with E-state index in [1.54, 1.807) is 6.20 Å². The summed E-state index contributed by atoms with van der Waals surface area (Å²) in [6.45, 7) is 0. The van der Waals surface area contributed by atoms with Gasteiger partial charge in [0.1, 0.15) is 5.54 Å². The van der Waals surface area contributed by atoms with E-state index in [1.807, 2.05) is 35.0 Å².